The van der Waals surface area contributed by atoms with E-state index in [0.29, 0.717) is 0 Å². The maximum atomic E-state index is 11.8. The molecule has 2 aromatic carbocycles. The minimum absolute atomic E-state index is 0.0310. The molecule has 0 bridgehead atoms. The van der Waals surface area contributed by atoms with Crippen molar-refractivity contribution in [2.24, 2.45) is 0 Å². The Morgan fingerprint density at radius 1 is 1.14 bits per heavy atom. The molecule has 0 saturated heterocycles. The summed E-state index contributed by atoms with van der Waals surface area (Å²) < 4.78 is 37.3. The van der Waals surface area contributed by atoms with Gasteiger partial charge in [0.2, 0.25) is 0 Å². The molecule has 0 radical (unpaired) electrons. The third-order valence-corrected chi connectivity index (χ3v) is 2.80. The zero-order valence-corrected chi connectivity index (χ0v) is 11.7. The molecule has 0 aliphatic carbocycles. The summed E-state index contributed by atoms with van der Waals surface area (Å²) >= 11 is 0. The van der Waals surface area contributed by atoms with E-state index >= 15 is 0 Å². The fourth-order valence-corrected chi connectivity index (χ4v) is 1.78. The van der Waals surface area contributed by atoms with Crippen molar-refractivity contribution in [3.8, 4) is 11.5 Å². The normalized spacial score (nSPS) is 12.7. The Morgan fingerprint density at radius 3 is 2.67 bits per heavy atom. The van der Waals surface area contributed by atoms with Crippen LogP contribution in [0.1, 0.15) is 27.0 Å². The van der Waals surface area contributed by atoms with Crippen LogP contribution in [0.5, 0.6) is 11.5 Å². The van der Waals surface area contributed by atoms with Crippen LogP contribution in [0.2, 0.25) is 0 Å². The van der Waals surface area contributed by atoms with Crippen molar-refractivity contribution in [3.05, 3.63) is 59.7 Å². The van der Waals surface area contributed by atoms with Crippen molar-refractivity contribution in [3.63, 3.8) is 0 Å². The van der Waals surface area contributed by atoms with Crippen LogP contribution in [0.25, 0.3) is 0 Å². The van der Waals surface area contributed by atoms with Gasteiger partial charge in [0.15, 0.2) is 11.5 Å². The number of hydrogen-bond acceptors (Lipinski definition) is 4. The van der Waals surface area contributed by atoms with Gasteiger partial charge in [0.1, 0.15) is 6.61 Å². The first kappa shape index (κ1) is 11.2. The molecule has 0 unspecified atom stereocenters. The van der Waals surface area contributed by atoms with E-state index < -0.39 is 13.0 Å². The SMILES string of the molecule is [2H]C([2H])([2H])Oc1cc(C(=O)OCC)ccc1OCc1ccccc1. The van der Waals surface area contributed by atoms with Crippen molar-refractivity contribution < 1.29 is 23.1 Å². The zero-order chi connectivity index (χ0) is 17.6. The molecule has 0 spiro atoms. The number of methoxy groups -OCH3 is 1. The topological polar surface area (TPSA) is 44.8 Å². The first-order chi connectivity index (χ1) is 11.4. The number of ether oxygens (including phenoxy) is 3. The van der Waals surface area contributed by atoms with Crippen LogP contribution in [0.15, 0.2) is 48.5 Å². The number of rotatable bonds is 6. The van der Waals surface area contributed by atoms with E-state index in [0.717, 1.165) is 5.56 Å². The molecule has 0 amide bonds. The quantitative estimate of drug-likeness (QED) is 0.764. The second-order valence-corrected chi connectivity index (χ2v) is 4.26. The average Bonchev–Trinajstić information content (AvgIpc) is 2.53. The molecule has 0 heterocycles. The summed E-state index contributed by atoms with van der Waals surface area (Å²) in [4.78, 5) is 11.8. The van der Waals surface area contributed by atoms with Gasteiger partial charge >= 0.3 is 5.97 Å². The maximum absolute atomic E-state index is 11.8. The molecule has 0 aliphatic rings. The van der Waals surface area contributed by atoms with Crippen LogP contribution in [-0.2, 0) is 11.3 Å². The lowest BCUT2D eigenvalue weighted by atomic mass is 10.2. The highest BCUT2D eigenvalue weighted by Gasteiger charge is 2.12. The highest BCUT2D eigenvalue weighted by molar-refractivity contribution is 5.90. The fourth-order valence-electron chi connectivity index (χ4n) is 1.78. The second kappa shape index (κ2) is 7.33. The molecule has 0 fully saturated rings. The molecule has 2 aromatic rings. The lowest BCUT2D eigenvalue weighted by Crippen LogP contribution is -2.05. The van der Waals surface area contributed by atoms with Crippen molar-refractivity contribution in [1.29, 1.82) is 0 Å². The van der Waals surface area contributed by atoms with Crippen LogP contribution in [0.4, 0.5) is 0 Å². The smallest absolute Gasteiger partial charge is 0.338 e. The minimum atomic E-state index is -2.65. The van der Waals surface area contributed by atoms with Crippen LogP contribution >= 0.6 is 0 Å². The van der Waals surface area contributed by atoms with Crippen molar-refractivity contribution in [1.82, 2.24) is 0 Å². The molecule has 0 aromatic heterocycles. The Bertz CT molecular complexity index is 684. The largest absolute Gasteiger partial charge is 0.493 e. The Hall–Kier alpha value is -2.49. The van der Waals surface area contributed by atoms with Crippen LogP contribution in [0.3, 0.4) is 0 Å². The van der Waals surface area contributed by atoms with Crippen molar-refractivity contribution in [2.45, 2.75) is 13.5 Å². The highest BCUT2D eigenvalue weighted by atomic mass is 16.5. The number of carbonyl (C=O) groups excluding carboxylic acids is 1. The molecule has 4 heteroatoms. The van der Waals surface area contributed by atoms with Gasteiger partial charge in [0, 0.05) is 0 Å². The van der Waals surface area contributed by atoms with Crippen molar-refractivity contribution in [2.75, 3.05) is 13.6 Å². The molecular weight excluding hydrogens is 268 g/mol. The standard InChI is InChI=1S/C17H18O4/c1-3-20-17(18)14-9-10-15(16(11-14)19-2)21-12-13-7-5-4-6-8-13/h4-11H,3,12H2,1-2H3/i2D3. The van der Waals surface area contributed by atoms with E-state index in [-0.39, 0.29) is 30.3 Å². The number of esters is 1. The minimum Gasteiger partial charge on any atom is -0.493 e. The predicted octanol–water partition coefficient (Wildman–Crippen LogP) is 3.45. The molecule has 21 heavy (non-hydrogen) atoms. The monoisotopic (exact) mass is 289 g/mol. The molecule has 110 valence electrons. The number of carbonyl (C=O) groups is 1. The van der Waals surface area contributed by atoms with E-state index in [4.69, 9.17) is 18.3 Å². The summed E-state index contributed by atoms with van der Waals surface area (Å²) in [6.45, 7) is 2.16. The van der Waals surface area contributed by atoms with Gasteiger partial charge in [-0.25, -0.2) is 4.79 Å². The summed E-state index contributed by atoms with van der Waals surface area (Å²) in [6, 6.07) is 13.7. The molecular formula is C17H18O4. The molecule has 2 rings (SSSR count). The lowest BCUT2D eigenvalue weighted by Gasteiger charge is -2.12. The van der Waals surface area contributed by atoms with E-state index in [1.54, 1.807) is 6.92 Å². The van der Waals surface area contributed by atoms with Gasteiger partial charge < -0.3 is 14.2 Å². The Kier molecular flexibility index (Phi) is 3.91. The summed E-state index contributed by atoms with van der Waals surface area (Å²) in [6.07, 6.45) is 0. The maximum Gasteiger partial charge on any atom is 0.338 e. The van der Waals surface area contributed by atoms with Gasteiger partial charge in [-0.2, -0.15) is 0 Å². The fraction of sp³-hybridized carbons (Fsp3) is 0.235. The third-order valence-electron chi connectivity index (χ3n) is 2.80. The summed E-state index contributed by atoms with van der Waals surface area (Å²) in [5, 5.41) is 0. The highest BCUT2D eigenvalue weighted by Crippen LogP contribution is 2.29. The van der Waals surface area contributed by atoms with Crippen molar-refractivity contribution >= 4 is 5.97 Å². The summed E-state index contributed by atoms with van der Waals surface area (Å²) in [5.41, 5.74) is 1.12. The van der Waals surface area contributed by atoms with Gasteiger partial charge in [0.05, 0.1) is 23.3 Å². The van der Waals surface area contributed by atoms with Crippen LogP contribution < -0.4 is 9.47 Å². The first-order valence-electron chi connectivity index (χ1n) is 8.06. The molecule has 4 nitrogen and oxygen atoms in total. The molecule has 0 atom stereocenters. The Morgan fingerprint density at radius 2 is 1.95 bits per heavy atom. The van der Waals surface area contributed by atoms with Gasteiger partial charge in [0.25, 0.3) is 0 Å². The van der Waals surface area contributed by atoms with E-state index in [2.05, 4.69) is 0 Å². The molecule has 0 N–H and O–H groups in total. The number of hydrogen-bond donors (Lipinski definition) is 0. The van der Waals surface area contributed by atoms with E-state index in [1.165, 1.54) is 18.2 Å². The average molecular weight is 289 g/mol. The second-order valence-electron chi connectivity index (χ2n) is 4.26. The summed E-state index contributed by atoms with van der Waals surface area (Å²) in [7, 11) is -2.65. The van der Waals surface area contributed by atoms with Gasteiger partial charge in [-0.15, -0.1) is 0 Å². The number of benzene rings is 2. The Labute approximate surface area is 128 Å². The first-order valence-corrected chi connectivity index (χ1v) is 6.56. The van der Waals surface area contributed by atoms with E-state index in [1.807, 2.05) is 30.3 Å². The van der Waals surface area contributed by atoms with Gasteiger partial charge in [-0.1, -0.05) is 30.3 Å². The van der Waals surface area contributed by atoms with Crippen LogP contribution in [-0.4, -0.2) is 19.6 Å². The van der Waals surface area contributed by atoms with Gasteiger partial charge in [-0.05, 0) is 30.7 Å². The zero-order valence-electron chi connectivity index (χ0n) is 14.7. The third kappa shape index (κ3) is 3.99. The predicted molar refractivity (Wildman–Crippen MR) is 79.7 cm³/mol. The van der Waals surface area contributed by atoms with E-state index in [9.17, 15) is 4.79 Å². The Balaban J connectivity index is 2.23. The molecule has 0 saturated carbocycles. The lowest BCUT2D eigenvalue weighted by molar-refractivity contribution is 0.0526. The van der Waals surface area contributed by atoms with Gasteiger partial charge in [-0.3, -0.25) is 0 Å². The summed E-state index contributed by atoms with van der Waals surface area (Å²) in [5.74, 6) is -0.345. The van der Waals surface area contributed by atoms with Crippen LogP contribution in [0, 0.1) is 0 Å². The molecule has 0 aliphatic heterocycles.